The van der Waals surface area contributed by atoms with Gasteiger partial charge in [0.25, 0.3) is 5.91 Å². The minimum Gasteiger partial charge on any atom is -0.497 e. The molecule has 0 aliphatic rings. The molecule has 1 aromatic heterocycles. The molecule has 0 saturated carbocycles. The van der Waals surface area contributed by atoms with Crippen molar-refractivity contribution in [2.24, 2.45) is 0 Å². The first kappa shape index (κ1) is 17.5. The van der Waals surface area contributed by atoms with Crippen molar-refractivity contribution in [3.05, 3.63) is 66.0 Å². The number of hydrogen-bond acceptors (Lipinski definition) is 5. The highest BCUT2D eigenvalue weighted by Gasteiger charge is 2.11. The van der Waals surface area contributed by atoms with Crippen molar-refractivity contribution >= 4 is 5.91 Å². The summed E-state index contributed by atoms with van der Waals surface area (Å²) in [6, 6.07) is 15.1. The number of amides is 1. The van der Waals surface area contributed by atoms with Gasteiger partial charge in [0.05, 0.1) is 26.1 Å². The van der Waals surface area contributed by atoms with Crippen molar-refractivity contribution in [3.8, 4) is 17.2 Å². The van der Waals surface area contributed by atoms with Gasteiger partial charge in [0, 0.05) is 12.6 Å². The van der Waals surface area contributed by atoms with Crippen LogP contribution in [0, 0.1) is 0 Å². The van der Waals surface area contributed by atoms with Crippen molar-refractivity contribution in [2.75, 3.05) is 20.8 Å². The Hall–Kier alpha value is -3.35. The Labute approximate surface area is 151 Å². The van der Waals surface area contributed by atoms with Gasteiger partial charge in [-0.3, -0.25) is 4.79 Å². The van der Waals surface area contributed by atoms with Crippen LogP contribution < -0.4 is 14.8 Å². The van der Waals surface area contributed by atoms with Crippen molar-refractivity contribution < 1.29 is 14.3 Å². The molecule has 2 aromatic carbocycles. The molecule has 0 radical (unpaired) electrons. The van der Waals surface area contributed by atoms with E-state index in [0.29, 0.717) is 18.7 Å². The van der Waals surface area contributed by atoms with Gasteiger partial charge in [-0.05, 0) is 36.2 Å². The summed E-state index contributed by atoms with van der Waals surface area (Å²) < 4.78 is 11.9. The van der Waals surface area contributed by atoms with Crippen LogP contribution in [0.25, 0.3) is 5.69 Å². The Kier molecular flexibility index (Phi) is 5.48. The van der Waals surface area contributed by atoms with E-state index in [0.717, 1.165) is 17.0 Å². The van der Waals surface area contributed by atoms with Crippen LogP contribution in [0.1, 0.15) is 16.1 Å². The van der Waals surface area contributed by atoms with E-state index >= 15 is 0 Å². The van der Waals surface area contributed by atoms with Crippen LogP contribution >= 0.6 is 0 Å². The zero-order valence-corrected chi connectivity index (χ0v) is 14.7. The molecule has 3 rings (SSSR count). The highest BCUT2D eigenvalue weighted by molar-refractivity contribution is 5.91. The summed E-state index contributed by atoms with van der Waals surface area (Å²) in [5.41, 5.74) is 2.12. The molecule has 7 nitrogen and oxygen atoms in total. The van der Waals surface area contributed by atoms with Crippen LogP contribution in [-0.2, 0) is 6.42 Å². The summed E-state index contributed by atoms with van der Waals surface area (Å²) in [6.45, 7) is 0.498. The van der Waals surface area contributed by atoms with Crippen LogP contribution in [0.3, 0.4) is 0 Å². The second-order valence-electron chi connectivity index (χ2n) is 5.61. The molecule has 26 heavy (non-hydrogen) atoms. The highest BCUT2D eigenvalue weighted by Crippen LogP contribution is 2.16. The molecule has 1 N–H and O–H groups in total. The average Bonchev–Trinajstić information content (AvgIpc) is 3.18. The van der Waals surface area contributed by atoms with Crippen molar-refractivity contribution in [1.82, 2.24) is 20.3 Å². The predicted molar refractivity (Wildman–Crippen MR) is 96.9 cm³/mol. The molecule has 0 aliphatic carbocycles. The summed E-state index contributed by atoms with van der Waals surface area (Å²) in [4.78, 5) is 12.2. The van der Waals surface area contributed by atoms with Gasteiger partial charge >= 0.3 is 0 Å². The number of hydrogen-bond donors (Lipinski definition) is 1. The van der Waals surface area contributed by atoms with E-state index in [1.807, 2.05) is 48.5 Å². The first-order chi connectivity index (χ1) is 12.7. The van der Waals surface area contributed by atoms with Crippen LogP contribution in [0.15, 0.2) is 54.7 Å². The fourth-order valence-corrected chi connectivity index (χ4v) is 2.49. The van der Waals surface area contributed by atoms with Gasteiger partial charge in [0.15, 0.2) is 5.69 Å². The maximum Gasteiger partial charge on any atom is 0.273 e. The Morgan fingerprint density at radius 1 is 1.08 bits per heavy atom. The number of nitrogens with zero attached hydrogens (tertiary/aromatic N) is 3. The van der Waals surface area contributed by atoms with E-state index in [9.17, 15) is 4.79 Å². The largest absolute Gasteiger partial charge is 0.497 e. The van der Waals surface area contributed by atoms with Crippen LogP contribution in [0.5, 0.6) is 11.5 Å². The Bertz CT molecular complexity index is 892. The minimum atomic E-state index is -0.262. The Morgan fingerprint density at radius 2 is 1.81 bits per heavy atom. The molecule has 3 aromatic rings. The topological polar surface area (TPSA) is 78.3 Å². The summed E-state index contributed by atoms with van der Waals surface area (Å²) in [7, 11) is 3.23. The molecule has 7 heteroatoms. The van der Waals surface area contributed by atoms with E-state index in [1.54, 1.807) is 25.1 Å². The van der Waals surface area contributed by atoms with Crippen LogP contribution in [0.4, 0.5) is 0 Å². The fraction of sp³-hybridized carbons (Fsp3) is 0.211. The van der Waals surface area contributed by atoms with Gasteiger partial charge < -0.3 is 14.8 Å². The molecule has 0 saturated heterocycles. The SMILES string of the molecule is COc1cccc(CCNC(=O)c2cn(-c3cccc(OC)c3)nn2)c1. The van der Waals surface area contributed by atoms with Crippen molar-refractivity contribution in [2.45, 2.75) is 6.42 Å². The predicted octanol–water partition coefficient (Wildman–Crippen LogP) is 2.26. The summed E-state index contributed by atoms with van der Waals surface area (Å²) >= 11 is 0. The number of ether oxygens (including phenoxy) is 2. The van der Waals surface area contributed by atoms with Gasteiger partial charge in [0.2, 0.25) is 0 Å². The zero-order chi connectivity index (χ0) is 18.4. The number of methoxy groups -OCH3 is 2. The maximum absolute atomic E-state index is 12.2. The number of carbonyl (C=O) groups is 1. The maximum atomic E-state index is 12.2. The van der Waals surface area contributed by atoms with Gasteiger partial charge in [0.1, 0.15) is 11.5 Å². The molecule has 0 aliphatic heterocycles. The lowest BCUT2D eigenvalue weighted by Crippen LogP contribution is -2.26. The third-order valence-corrected chi connectivity index (χ3v) is 3.88. The van der Waals surface area contributed by atoms with Gasteiger partial charge in [-0.15, -0.1) is 5.10 Å². The van der Waals surface area contributed by atoms with E-state index < -0.39 is 0 Å². The van der Waals surface area contributed by atoms with E-state index in [4.69, 9.17) is 9.47 Å². The number of rotatable bonds is 7. The first-order valence-corrected chi connectivity index (χ1v) is 8.17. The number of carbonyl (C=O) groups excluding carboxylic acids is 1. The quantitative estimate of drug-likeness (QED) is 0.706. The first-order valence-electron chi connectivity index (χ1n) is 8.17. The minimum absolute atomic E-state index is 0.262. The van der Waals surface area contributed by atoms with Crippen molar-refractivity contribution in [3.63, 3.8) is 0 Å². The standard InChI is InChI=1S/C19H20N4O3/c1-25-16-7-3-5-14(11-16)9-10-20-19(24)18-13-23(22-21-18)15-6-4-8-17(12-15)26-2/h3-8,11-13H,9-10H2,1-2H3,(H,20,24). The third kappa shape index (κ3) is 4.18. The molecule has 0 spiro atoms. The number of aromatic nitrogens is 3. The highest BCUT2D eigenvalue weighted by atomic mass is 16.5. The average molecular weight is 352 g/mol. The summed E-state index contributed by atoms with van der Waals surface area (Å²) in [5.74, 6) is 1.25. The van der Waals surface area contributed by atoms with Crippen LogP contribution in [0.2, 0.25) is 0 Å². The van der Waals surface area contributed by atoms with Crippen LogP contribution in [-0.4, -0.2) is 41.7 Å². The molecule has 1 heterocycles. The number of nitrogens with one attached hydrogen (secondary N) is 1. The fourth-order valence-electron chi connectivity index (χ4n) is 2.49. The lowest BCUT2D eigenvalue weighted by molar-refractivity contribution is 0.0949. The summed E-state index contributed by atoms with van der Waals surface area (Å²) in [5, 5.41) is 10.8. The normalized spacial score (nSPS) is 10.4. The van der Waals surface area contributed by atoms with Gasteiger partial charge in [-0.25, -0.2) is 4.68 Å². The smallest absolute Gasteiger partial charge is 0.273 e. The second kappa shape index (κ2) is 8.15. The van der Waals surface area contributed by atoms with Gasteiger partial charge in [-0.2, -0.15) is 0 Å². The monoisotopic (exact) mass is 352 g/mol. The molecule has 0 bridgehead atoms. The Morgan fingerprint density at radius 3 is 2.58 bits per heavy atom. The molecular weight excluding hydrogens is 332 g/mol. The lowest BCUT2D eigenvalue weighted by atomic mass is 10.1. The number of benzene rings is 2. The lowest BCUT2D eigenvalue weighted by Gasteiger charge is -2.05. The molecular formula is C19H20N4O3. The Balaban J connectivity index is 1.59. The molecule has 0 fully saturated rings. The van der Waals surface area contributed by atoms with Gasteiger partial charge in [-0.1, -0.05) is 23.4 Å². The van der Waals surface area contributed by atoms with Crippen molar-refractivity contribution in [1.29, 1.82) is 0 Å². The van der Waals surface area contributed by atoms with E-state index in [2.05, 4.69) is 15.6 Å². The second-order valence-corrected chi connectivity index (χ2v) is 5.61. The third-order valence-electron chi connectivity index (χ3n) is 3.88. The molecule has 134 valence electrons. The molecule has 1 amide bonds. The van der Waals surface area contributed by atoms with E-state index in [1.165, 1.54) is 0 Å². The molecule has 0 atom stereocenters. The van der Waals surface area contributed by atoms with E-state index in [-0.39, 0.29) is 11.6 Å². The summed E-state index contributed by atoms with van der Waals surface area (Å²) in [6.07, 6.45) is 2.29. The zero-order valence-electron chi connectivity index (χ0n) is 14.7. The molecule has 0 unspecified atom stereocenters.